The third-order valence-electron chi connectivity index (χ3n) is 2.59. The molecule has 0 aliphatic carbocycles. The van der Waals surface area contributed by atoms with Crippen molar-refractivity contribution in [3.05, 3.63) is 35.5 Å². The first-order chi connectivity index (χ1) is 15.1. The fourth-order valence-corrected chi connectivity index (χ4v) is 2.26. The highest BCUT2D eigenvalue weighted by molar-refractivity contribution is 7.88. The standard InChI is InChI=1S/C14H21N3O2S/c1-15-20(18,19)10-11-4-5-14-13(8-11)12(9-16-14)6-7-17(2)3/h4-5,8-9,15-16H,6-7,10H2,1-3H3/i1D3,2D3,3D3,4D,5D,8D/hD2. The molecule has 0 fully saturated rings. The maximum Gasteiger partial charge on any atom is 0.215 e. The molecule has 20 heavy (non-hydrogen) atoms. The monoisotopic (exact) mass is 309 g/mol. The molecule has 0 aliphatic rings. The predicted molar refractivity (Wildman–Crippen MR) is 82.2 cm³/mol. The maximum absolute atomic E-state index is 12.4. The number of nitrogens with zero attached hydrogens (tertiary/aromatic N) is 1. The highest BCUT2D eigenvalue weighted by Crippen LogP contribution is 2.21. The van der Waals surface area contributed by atoms with Crippen LogP contribution in [0.5, 0.6) is 0 Å². The number of fused-ring (bicyclic) bond motifs is 1. The third-order valence-corrected chi connectivity index (χ3v) is 3.52. The zero-order valence-electron chi connectivity index (χ0n) is 24.3. The molecule has 5 nitrogen and oxygen atoms in total. The molecule has 110 valence electrons. The average Bonchev–Trinajstić information content (AvgIpc) is 2.96. The number of H-pyrrole nitrogens is 1. The van der Waals surface area contributed by atoms with E-state index in [2.05, 4.69) is 0 Å². The van der Waals surface area contributed by atoms with Crippen LogP contribution in [0.15, 0.2) is 24.3 Å². The molecule has 1 heterocycles. The average molecular weight is 309 g/mol. The van der Waals surface area contributed by atoms with Gasteiger partial charge in [-0.05, 0) is 50.6 Å². The summed E-state index contributed by atoms with van der Waals surface area (Å²) >= 11 is 0. The molecule has 0 bridgehead atoms. The molecule has 1 aromatic carbocycles. The Morgan fingerprint density at radius 3 is 3.15 bits per heavy atom. The van der Waals surface area contributed by atoms with Crippen molar-refractivity contribution < 1.29 is 27.7 Å². The summed E-state index contributed by atoms with van der Waals surface area (Å²) in [6.45, 7) is -9.89. The molecule has 2 N–H and O–H groups in total. The number of hydrogen-bond donors (Lipinski definition) is 2. The summed E-state index contributed by atoms with van der Waals surface area (Å²) in [6.07, 6.45) is 0.781. The minimum atomic E-state index is -4.87. The number of benzene rings is 1. The van der Waals surface area contributed by atoms with E-state index in [1.807, 2.05) is 0 Å². The molecule has 0 saturated carbocycles. The van der Waals surface area contributed by atoms with Crippen LogP contribution in [0.4, 0.5) is 0 Å². The summed E-state index contributed by atoms with van der Waals surface area (Å²) in [5.74, 6) is -1.26. The van der Waals surface area contributed by atoms with Crippen LogP contribution >= 0.6 is 0 Å². The molecule has 0 atom stereocenters. The van der Waals surface area contributed by atoms with Gasteiger partial charge in [-0.1, -0.05) is 6.04 Å². The van der Waals surface area contributed by atoms with Gasteiger partial charge in [-0.25, -0.2) is 13.1 Å². The molecule has 2 aromatic rings. The van der Waals surface area contributed by atoms with Crippen LogP contribution in [0, 0.1) is 0 Å². The lowest BCUT2D eigenvalue weighted by Crippen LogP contribution is -2.20. The number of hydrogen-bond acceptors (Lipinski definition) is 3. The van der Waals surface area contributed by atoms with Crippen LogP contribution in [-0.4, -0.2) is 45.8 Å². The lowest BCUT2D eigenvalue weighted by atomic mass is 10.1. The van der Waals surface area contributed by atoms with Gasteiger partial charge >= 0.3 is 0 Å². The Bertz CT molecular complexity index is 1170. The molecule has 0 spiro atoms. The first-order valence-electron chi connectivity index (χ1n) is 12.4. The Balaban J connectivity index is 2.63. The fourth-order valence-electron chi connectivity index (χ4n) is 1.68. The van der Waals surface area contributed by atoms with Crippen molar-refractivity contribution in [2.24, 2.45) is 0 Å². The molecule has 0 aliphatic heterocycles. The van der Waals surface area contributed by atoms with Crippen LogP contribution in [0.25, 0.3) is 10.9 Å². The Kier molecular flexibility index (Phi) is 1.52. The van der Waals surface area contributed by atoms with E-state index in [0.29, 0.717) is 4.98 Å². The third kappa shape index (κ3) is 3.59. The summed E-state index contributed by atoms with van der Waals surface area (Å²) in [5, 5.41) is -0.178. The van der Waals surface area contributed by atoms with Crippen molar-refractivity contribution >= 4 is 20.9 Å². The maximum atomic E-state index is 12.4. The Morgan fingerprint density at radius 2 is 2.40 bits per heavy atom. The van der Waals surface area contributed by atoms with Gasteiger partial charge in [0, 0.05) is 36.0 Å². The molecular formula is C14H21N3O2S. The summed E-state index contributed by atoms with van der Waals surface area (Å²) in [6, 6.07) is -2.04. The number of sulfonamides is 1. The summed E-state index contributed by atoms with van der Waals surface area (Å²) in [7, 11) is -4.87. The van der Waals surface area contributed by atoms with Crippen LogP contribution < -0.4 is 4.72 Å². The largest absolute Gasteiger partial charge is 0.361 e. The summed E-state index contributed by atoms with van der Waals surface area (Å²) in [4.78, 5) is 0.895. The Morgan fingerprint density at radius 1 is 1.55 bits per heavy atom. The van der Waals surface area contributed by atoms with Crippen LogP contribution in [0.3, 0.4) is 0 Å². The minimum Gasteiger partial charge on any atom is -0.361 e. The van der Waals surface area contributed by atoms with Crippen LogP contribution in [0.1, 0.15) is 27.6 Å². The van der Waals surface area contributed by atoms with E-state index >= 15 is 0 Å². The molecular weight excluding hydrogens is 274 g/mol. The predicted octanol–water partition coefficient (Wildman–Crippen LogP) is 1.32. The molecule has 0 unspecified atom stereocenters. The Labute approximate surface area is 139 Å². The van der Waals surface area contributed by atoms with Crippen molar-refractivity contribution in [3.8, 4) is 0 Å². The molecule has 1 aromatic heterocycles. The van der Waals surface area contributed by atoms with Crippen molar-refractivity contribution in [2.45, 2.75) is 12.2 Å². The molecule has 0 amide bonds. The molecule has 2 rings (SSSR count). The molecule has 0 radical (unpaired) electrons. The van der Waals surface area contributed by atoms with Gasteiger partial charge in [-0.3, -0.25) is 0 Å². The van der Waals surface area contributed by atoms with E-state index in [0.717, 1.165) is 6.20 Å². The van der Waals surface area contributed by atoms with Gasteiger partial charge in [0.05, 0.1) is 9.87 Å². The van der Waals surface area contributed by atoms with Gasteiger partial charge in [0.2, 0.25) is 10.0 Å². The number of likely N-dealkylation sites (N-methyl/N-ethyl adjacent to an activating group) is 1. The SMILES string of the molecule is [2H]c1c(CS(=O)(=O)N([2H])C([2H])([2H])[2H])c([2H])c2c(CCN(C([2H])([2H])[2H])C([2H])([2H])[2H])cn([2H])c2c1[2H]. The van der Waals surface area contributed by atoms with Gasteiger partial charge < -0.3 is 9.88 Å². The fraction of sp³-hybridized carbons (Fsp3) is 0.429. The smallest absolute Gasteiger partial charge is 0.215 e. The summed E-state index contributed by atoms with van der Waals surface area (Å²) < 4.78 is 130. The lowest BCUT2D eigenvalue weighted by molar-refractivity contribution is 0.414. The van der Waals surface area contributed by atoms with Crippen LogP contribution in [0.2, 0.25) is 2.82 Å². The van der Waals surface area contributed by atoms with Gasteiger partial charge in [0.25, 0.3) is 0 Å². The summed E-state index contributed by atoms with van der Waals surface area (Å²) in [5.41, 5.74) is -0.798. The van der Waals surface area contributed by atoms with Gasteiger partial charge in [-0.15, -0.1) is 0 Å². The van der Waals surface area contributed by atoms with Gasteiger partial charge in [0.15, 0.2) is 1.41 Å². The van der Waals surface area contributed by atoms with Crippen molar-refractivity contribution in [1.29, 1.82) is 0 Å². The van der Waals surface area contributed by atoms with E-state index in [1.54, 1.807) is 0 Å². The van der Waals surface area contributed by atoms with Crippen molar-refractivity contribution in [2.75, 3.05) is 27.5 Å². The Hall–Kier alpha value is -1.37. The quantitative estimate of drug-likeness (QED) is 0.846. The second-order valence-corrected chi connectivity index (χ2v) is 5.71. The number of aromatic amines is 1. The minimum absolute atomic E-state index is 0.0548. The van der Waals surface area contributed by atoms with E-state index in [4.69, 9.17) is 19.3 Å². The first-order valence-corrected chi connectivity index (χ1v) is 7.13. The second-order valence-electron chi connectivity index (χ2n) is 4.08. The van der Waals surface area contributed by atoms with E-state index < -0.39 is 71.7 Å². The first kappa shape index (κ1) is 5.12. The number of rotatable bonds is 6. The second kappa shape index (κ2) is 5.95. The van der Waals surface area contributed by atoms with E-state index in [1.165, 1.54) is 0 Å². The van der Waals surface area contributed by atoms with Gasteiger partial charge in [0.1, 0.15) is 1.41 Å². The molecule has 0 saturated heterocycles. The topological polar surface area (TPSA) is 65.2 Å². The van der Waals surface area contributed by atoms with Crippen LogP contribution in [-0.2, 0) is 22.2 Å². The zero-order valence-corrected chi connectivity index (χ0v) is 11.1. The zero-order chi connectivity index (χ0) is 26.6. The lowest BCUT2D eigenvalue weighted by Gasteiger charge is -2.08. The number of aromatic nitrogens is 1. The van der Waals surface area contributed by atoms with E-state index in [9.17, 15) is 8.42 Å². The van der Waals surface area contributed by atoms with Crippen molar-refractivity contribution in [1.82, 2.24) is 14.6 Å². The number of nitrogens with one attached hydrogen (secondary N) is 2. The van der Waals surface area contributed by atoms with Crippen molar-refractivity contribution in [3.63, 3.8) is 0 Å². The van der Waals surface area contributed by atoms with Gasteiger partial charge in [-0.2, -0.15) is 0 Å². The highest BCUT2D eigenvalue weighted by Gasteiger charge is 2.11. The van der Waals surface area contributed by atoms with E-state index in [-0.39, 0.29) is 27.8 Å². The highest BCUT2D eigenvalue weighted by atomic mass is 32.2. The molecule has 6 heteroatoms. The normalized spacial score (nSPS) is 24.7.